The molecular weight excluding hydrogens is 570 g/mol. The summed E-state index contributed by atoms with van der Waals surface area (Å²) in [6.07, 6.45) is -0.0721. The molecule has 4 atom stereocenters. The molecule has 1 fully saturated rings. The average molecular weight is 616 g/mol. The first-order chi connectivity index (χ1) is 20.8. The van der Waals surface area contributed by atoms with Gasteiger partial charge in [-0.2, -0.15) is 0 Å². The lowest BCUT2D eigenvalue weighted by molar-refractivity contribution is -0.137. The Balaban J connectivity index is 1.98. The predicted molar refractivity (Wildman–Crippen MR) is 161 cm³/mol. The Hall–Kier alpha value is -4.20. The summed E-state index contributed by atoms with van der Waals surface area (Å²) in [6.45, 7) is 7.56. The summed E-state index contributed by atoms with van der Waals surface area (Å²) in [5, 5.41) is 10.8. The molecule has 1 saturated heterocycles. The third-order valence-corrected chi connectivity index (χ3v) is 7.61. The van der Waals surface area contributed by atoms with Crippen molar-refractivity contribution in [3.8, 4) is 5.75 Å². The molecule has 6 amide bonds. The molecule has 1 aromatic rings. The zero-order valence-corrected chi connectivity index (χ0v) is 25.9. The highest BCUT2D eigenvalue weighted by atomic mass is 16.5. The van der Waals surface area contributed by atoms with Gasteiger partial charge in [0.15, 0.2) is 0 Å². The zero-order chi connectivity index (χ0) is 32.4. The smallest absolute Gasteiger partial charge is 0.255 e. The van der Waals surface area contributed by atoms with Crippen LogP contribution in [0.2, 0.25) is 0 Å². The average Bonchev–Trinajstić information content (AvgIpc) is 3.19. The number of amides is 6. The molecule has 14 nitrogen and oxygen atoms in total. The lowest BCUT2D eigenvalue weighted by atomic mass is 10.0. The topological polar surface area (TPSA) is 192 Å². The second-order valence-electron chi connectivity index (χ2n) is 11.8. The first-order valence-corrected chi connectivity index (χ1v) is 15.0. The molecule has 242 valence electrons. The summed E-state index contributed by atoms with van der Waals surface area (Å²) in [7, 11) is 1.96. The van der Waals surface area contributed by atoms with Crippen molar-refractivity contribution in [2.75, 3.05) is 39.8 Å². The Bertz CT molecular complexity index is 1220. The molecule has 0 spiro atoms. The van der Waals surface area contributed by atoms with Gasteiger partial charge in [-0.25, -0.2) is 0 Å². The van der Waals surface area contributed by atoms with E-state index in [0.717, 1.165) is 13.0 Å². The van der Waals surface area contributed by atoms with Crippen molar-refractivity contribution in [1.82, 2.24) is 31.1 Å². The Morgan fingerprint density at radius 3 is 2.41 bits per heavy atom. The number of nitrogens with zero attached hydrogens (tertiary/aromatic N) is 2. The molecule has 0 aliphatic carbocycles. The molecule has 44 heavy (non-hydrogen) atoms. The maximum atomic E-state index is 13.8. The fraction of sp³-hybridized carbons (Fsp3) is 0.600. The first-order valence-electron chi connectivity index (χ1n) is 15.0. The number of carbonyl (C=O) groups excluding carboxylic acids is 6. The van der Waals surface area contributed by atoms with E-state index in [1.807, 2.05) is 7.05 Å². The van der Waals surface area contributed by atoms with Crippen molar-refractivity contribution in [1.29, 1.82) is 0 Å². The number of rotatable bonds is 5. The van der Waals surface area contributed by atoms with E-state index >= 15 is 0 Å². The minimum absolute atomic E-state index is 0.0136. The van der Waals surface area contributed by atoms with Crippen LogP contribution in [0.5, 0.6) is 5.75 Å². The normalized spacial score (nSPS) is 24.9. The highest BCUT2D eigenvalue weighted by molar-refractivity contribution is 6.01. The maximum absolute atomic E-state index is 13.8. The van der Waals surface area contributed by atoms with Gasteiger partial charge in [0.05, 0.1) is 18.0 Å². The van der Waals surface area contributed by atoms with Crippen molar-refractivity contribution in [2.24, 2.45) is 11.7 Å². The van der Waals surface area contributed by atoms with Crippen molar-refractivity contribution in [3.05, 3.63) is 29.8 Å². The van der Waals surface area contributed by atoms with Crippen LogP contribution in [0.4, 0.5) is 0 Å². The summed E-state index contributed by atoms with van der Waals surface area (Å²) in [5.74, 6) is -3.66. The van der Waals surface area contributed by atoms with E-state index in [4.69, 9.17) is 10.5 Å². The van der Waals surface area contributed by atoms with Gasteiger partial charge in [0.2, 0.25) is 29.5 Å². The number of hydrogen-bond acceptors (Lipinski definition) is 8. The van der Waals surface area contributed by atoms with Crippen molar-refractivity contribution < 1.29 is 33.5 Å². The van der Waals surface area contributed by atoms with Crippen LogP contribution in [0, 0.1) is 5.92 Å². The van der Waals surface area contributed by atoms with Crippen LogP contribution in [-0.2, 0) is 24.0 Å². The second kappa shape index (κ2) is 16.0. The van der Waals surface area contributed by atoms with E-state index < -0.39 is 66.0 Å². The molecule has 3 rings (SSSR count). The Morgan fingerprint density at radius 2 is 1.70 bits per heavy atom. The maximum Gasteiger partial charge on any atom is 0.255 e. The number of benzene rings is 1. The Labute approximate surface area is 257 Å². The van der Waals surface area contributed by atoms with Gasteiger partial charge >= 0.3 is 0 Å². The van der Waals surface area contributed by atoms with Gasteiger partial charge in [-0.1, -0.05) is 26.0 Å². The number of carbonyl (C=O) groups is 6. The van der Waals surface area contributed by atoms with Gasteiger partial charge in [-0.05, 0) is 51.4 Å². The molecule has 2 aliphatic rings. The van der Waals surface area contributed by atoms with Crippen LogP contribution in [0.3, 0.4) is 0 Å². The fourth-order valence-corrected chi connectivity index (χ4v) is 5.08. The molecule has 2 aliphatic heterocycles. The monoisotopic (exact) mass is 615 g/mol. The van der Waals surface area contributed by atoms with Crippen molar-refractivity contribution >= 4 is 35.4 Å². The van der Waals surface area contributed by atoms with Gasteiger partial charge in [-0.15, -0.1) is 0 Å². The van der Waals surface area contributed by atoms with Crippen LogP contribution in [0.1, 0.15) is 56.8 Å². The highest BCUT2D eigenvalue weighted by Crippen LogP contribution is 2.19. The molecule has 0 aromatic heterocycles. The molecule has 1 aromatic carbocycles. The number of ether oxygens (including phenoxy) is 1. The van der Waals surface area contributed by atoms with Crippen LogP contribution in [0.25, 0.3) is 0 Å². The molecule has 2 heterocycles. The van der Waals surface area contributed by atoms with Crippen LogP contribution in [0.15, 0.2) is 24.3 Å². The van der Waals surface area contributed by atoms with Gasteiger partial charge in [0.1, 0.15) is 30.5 Å². The quantitative estimate of drug-likeness (QED) is 0.282. The number of hydrogen-bond donors (Lipinski definition) is 5. The van der Waals surface area contributed by atoms with Gasteiger partial charge in [0.25, 0.3) is 5.91 Å². The van der Waals surface area contributed by atoms with Crippen LogP contribution < -0.4 is 31.7 Å². The van der Waals surface area contributed by atoms with Crippen LogP contribution in [-0.4, -0.2) is 109 Å². The van der Waals surface area contributed by atoms with Crippen LogP contribution >= 0.6 is 0 Å². The van der Waals surface area contributed by atoms with E-state index in [1.54, 1.807) is 49.9 Å². The number of fused-ring (bicyclic) bond motifs is 1. The lowest BCUT2D eigenvalue weighted by Crippen LogP contribution is -2.57. The van der Waals surface area contributed by atoms with Gasteiger partial charge in [0, 0.05) is 26.1 Å². The lowest BCUT2D eigenvalue weighted by Gasteiger charge is -2.28. The highest BCUT2D eigenvalue weighted by Gasteiger charge is 2.33. The zero-order valence-electron chi connectivity index (χ0n) is 25.9. The van der Waals surface area contributed by atoms with Crippen molar-refractivity contribution in [2.45, 2.75) is 70.6 Å². The van der Waals surface area contributed by atoms with Crippen molar-refractivity contribution in [3.63, 3.8) is 0 Å². The van der Waals surface area contributed by atoms with E-state index in [-0.39, 0.29) is 36.7 Å². The summed E-state index contributed by atoms with van der Waals surface area (Å²) in [5.41, 5.74) is 5.47. The molecule has 0 radical (unpaired) electrons. The number of para-hydroxylation sites is 1. The van der Waals surface area contributed by atoms with E-state index in [2.05, 4.69) is 26.2 Å². The summed E-state index contributed by atoms with van der Waals surface area (Å²) in [4.78, 5) is 82.5. The van der Waals surface area contributed by atoms with E-state index in [9.17, 15) is 28.8 Å². The standard InChI is InChI=1S/C30H45N7O7/c1-18(2)26-29(42)32-19(3)17-44-23-9-6-5-8-20(23)27(40)34-22(30(43)37-13-7-12-36(4)14-15-37)16-25(39)33-21(28(41)35-26)10-11-24(31)38/h5-6,8-9,18-19,21-22,26H,7,10-17H2,1-4H3,(H2,31,38)(H,32,42)(H,33,39)(H,34,40)(H,35,41)/t19-,21-,22-,26+/m0/s1. The second-order valence-corrected chi connectivity index (χ2v) is 11.8. The molecular formula is C30H45N7O7. The molecule has 0 bridgehead atoms. The minimum atomic E-state index is -1.25. The first kappa shape index (κ1) is 34.3. The summed E-state index contributed by atoms with van der Waals surface area (Å²) < 4.78 is 5.91. The third kappa shape index (κ3) is 9.93. The van der Waals surface area contributed by atoms with E-state index in [0.29, 0.717) is 19.6 Å². The number of nitrogens with one attached hydrogen (secondary N) is 4. The predicted octanol–water partition coefficient (Wildman–Crippen LogP) is -0.873. The fourth-order valence-electron chi connectivity index (χ4n) is 5.08. The SMILES string of the molecule is CC(C)[C@H]1NC(=O)[C@H](CCC(N)=O)NC(=O)C[C@@H](C(=O)N2CCCN(C)CC2)NC(=O)c2ccccc2OC[C@H](C)NC1=O. The van der Waals surface area contributed by atoms with Gasteiger partial charge in [-0.3, -0.25) is 28.8 Å². The van der Waals surface area contributed by atoms with E-state index in [1.165, 1.54) is 0 Å². The largest absolute Gasteiger partial charge is 0.491 e. The minimum Gasteiger partial charge on any atom is -0.491 e. The number of primary amides is 1. The molecule has 6 N–H and O–H groups in total. The van der Waals surface area contributed by atoms with Gasteiger partial charge < -0.3 is 41.5 Å². The Kier molecular flexibility index (Phi) is 12.5. The summed E-state index contributed by atoms with van der Waals surface area (Å²) in [6, 6.07) is 2.55. The summed E-state index contributed by atoms with van der Waals surface area (Å²) >= 11 is 0. The number of nitrogens with two attached hydrogens (primary N) is 1. The molecule has 0 saturated carbocycles. The Morgan fingerprint density at radius 1 is 0.977 bits per heavy atom. The molecule has 0 unspecified atom stereocenters. The molecule has 14 heteroatoms. The third-order valence-electron chi connectivity index (χ3n) is 7.61. The number of likely N-dealkylation sites (N-methyl/N-ethyl adjacent to an activating group) is 1.